The van der Waals surface area contributed by atoms with Crippen molar-refractivity contribution in [3.05, 3.63) is 45.8 Å². The van der Waals surface area contributed by atoms with Crippen molar-refractivity contribution >= 4 is 26.0 Å². The van der Waals surface area contributed by atoms with E-state index in [0.717, 1.165) is 6.07 Å². The number of nitrogens with zero attached hydrogens (tertiary/aromatic N) is 1. The molecule has 0 saturated heterocycles. The van der Waals surface area contributed by atoms with E-state index in [1.807, 2.05) is 0 Å². The summed E-state index contributed by atoms with van der Waals surface area (Å²) in [4.78, 5) is -0.657. The Balaban J connectivity index is 2.27. The van der Waals surface area contributed by atoms with Crippen molar-refractivity contribution in [3.8, 4) is 0 Å². The maximum Gasteiger partial charge on any atom is 0.245 e. The predicted octanol–water partition coefficient (Wildman–Crippen LogP) is 2.50. The summed E-state index contributed by atoms with van der Waals surface area (Å²) in [5, 5.41) is 3.59. The summed E-state index contributed by atoms with van der Waals surface area (Å²) >= 11 is 2.83. The third-order valence-corrected chi connectivity index (χ3v) is 4.71. The van der Waals surface area contributed by atoms with Crippen molar-refractivity contribution in [1.29, 1.82) is 0 Å². The van der Waals surface area contributed by atoms with E-state index in [1.165, 1.54) is 0 Å². The Bertz CT molecular complexity index is 723. The second kappa shape index (κ2) is 5.58. The van der Waals surface area contributed by atoms with E-state index in [1.54, 1.807) is 13.0 Å². The first-order valence-corrected chi connectivity index (χ1v) is 7.63. The molecule has 1 aromatic heterocycles. The molecule has 0 bridgehead atoms. The van der Waals surface area contributed by atoms with Crippen LogP contribution in [0.15, 0.2) is 32.1 Å². The van der Waals surface area contributed by atoms with Crippen LogP contribution in [-0.2, 0) is 16.6 Å². The first kappa shape index (κ1) is 15.1. The maximum absolute atomic E-state index is 13.6. The van der Waals surface area contributed by atoms with E-state index in [2.05, 4.69) is 25.8 Å². The lowest BCUT2D eigenvalue weighted by atomic mass is 10.3. The summed E-state index contributed by atoms with van der Waals surface area (Å²) in [5.41, 5.74) is 0.591. The predicted molar refractivity (Wildman–Crippen MR) is 69.3 cm³/mol. The fourth-order valence-electron chi connectivity index (χ4n) is 1.52. The number of aryl methyl sites for hydroxylation is 1. The van der Waals surface area contributed by atoms with Gasteiger partial charge in [0.25, 0.3) is 0 Å². The van der Waals surface area contributed by atoms with Gasteiger partial charge >= 0.3 is 0 Å². The molecule has 2 rings (SSSR count). The van der Waals surface area contributed by atoms with E-state index >= 15 is 0 Å². The molecule has 5 nitrogen and oxygen atoms in total. The molecule has 1 heterocycles. The van der Waals surface area contributed by atoms with Gasteiger partial charge in [-0.15, -0.1) is 0 Å². The molecule has 108 valence electrons. The molecule has 1 aromatic carbocycles. The summed E-state index contributed by atoms with van der Waals surface area (Å²) in [6, 6.07) is 2.91. The standard InChI is InChI=1S/C11H9BrF2N2O3S/c1-6-2-8(19-16-6)5-15-20(17,18)11-9(12)3-7(13)4-10(11)14/h2-4,15H,5H2,1H3. The molecule has 0 aliphatic carbocycles. The van der Waals surface area contributed by atoms with Gasteiger partial charge in [0, 0.05) is 16.6 Å². The zero-order chi connectivity index (χ0) is 14.9. The number of hydrogen-bond acceptors (Lipinski definition) is 4. The molecule has 9 heteroatoms. The largest absolute Gasteiger partial charge is 0.360 e. The lowest BCUT2D eigenvalue weighted by Crippen LogP contribution is -2.24. The van der Waals surface area contributed by atoms with Crippen molar-refractivity contribution in [3.63, 3.8) is 0 Å². The van der Waals surface area contributed by atoms with Gasteiger partial charge in [0.2, 0.25) is 10.0 Å². The van der Waals surface area contributed by atoms with E-state index in [-0.39, 0.29) is 16.8 Å². The van der Waals surface area contributed by atoms with Gasteiger partial charge in [0.05, 0.1) is 12.2 Å². The topological polar surface area (TPSA) is 72.2 Å². The monoisotopic (exact) mass is 366 g/mol. The van der Waals surface area contributed by atoms with Gasteiger partial charge in [-0.3, -0.25) is 0 Å². The van der Waals surface area contributed by atoms with Crippen LogP contribution >= 0.6 is 15.9 Å². The molecule has 0 aliphatic heterocycles. The van der Waals surface area contributed by atoms with Crippen molar-refractivity contribution in [2.24, 2.45) is 0 Å². The molecular formula is C11H9BrF2N2O3S. The van der Waals surface area contributed by atoms with Crippen LogP contribution < -0.4 is 4.72 Å². The highest BCUT2D eigenvalue weighted by atomic mass is 79.9. The average Bonchev–Trinajstić information content (AvgIpc) is 2.71. The van der Waals surface area contributed by atoms with E-state index in [0.29, 0.717) is 11.8 Å². The van der Waals surface area contributed by atoms with Crippen molar-refractivity contribution < 1.29 is 21.7 Å². The lowest BCUT2D eigenvalue weighted by molar-refractivity contribution is 0.376. The lowest BCUT2D eigenvalue weighted by Gasteiger charge is -2.08. The van der Waals surface area contributed by atoms with E-state index < -0.39 is 26.6 Å². The molecule has 1 N–H and O–H groups in total. The molecule has 2 aromatic rings. The van der Waals surface area contributed by atoms with Gasteiger partial charge in [0.15, 0.2) is 5.76 Å². The van der Waals surface area contributed by atoms with Crippen molar-refractivity contribution in [1.82, 2.24) is 9.88 Å². The zero-order valence-corrected chi connectivity index (χ0v) is 12.6. The molecule has 0 amide bonds. The molecule has 20 heavy (non-hydrogen) atoms. The molecular weight excluding hydrogens is 358 g/mol. The Labute approximate surface area is 122 Å². The minimum Gasteiger partial charge on any atom is -0.360 e. The Morgan fingerprint density at radius 2 is 2.05 bits per heavy atom. The van der Waals surface area contributed by atoms with Gasteiger partial charge in [-0.1, -0.05) is 5.16 Å². The number of benzene rings is 1. The van der Waals surface area contributed by atoms with Gasteiger partial charge in [0.1, 0.15) is 16.5 Å². The third kappa shape index (κ3) is 3.22. The number of aromatic nitrogens is 1. The first-order valence-electron chi connectivity index (χ1n) is 5.36. The second-order valence-electron chi connectivity index (χ2n) is 3.96. The Morgan fingerprint density at radius 3 is 2.60 bits per heavy atom. The van der Waals surface area contributed by atoms with E-state index in [4.69, 9.17) is 4.52 Å². The van der Waals surface area contributed by atoms with Gasteiger partial charge in [-0.2, -0.15) is 0 Å². The van der Waals surface area contributed by atoms with Crippen molar-refractivity contribution in [2.45, 2.75) is 18.4 Å². The molecule has 0 unspecified atom stereocenters. The van der Waals surface area contributed by atoms with E-state index in [9.17, 15) is 17.2 Å². The van der Waals surface area contributed by atoms with Crippen LogP contribution in [0.4, 0.5) is 8.78 Å². The number of nitrogens with one attached hydrogen (secondary N) is 1. The summed E-state index contributed by atoms with van der Waals surface area (Å²) in [7, 11) is -4.15. The maximum atomic E-state index is 13.6. The van der Waals surface area contributed by atoms with Gasteiger partial charge in [-0.05, 0) is 28.9 Å². The fraction of sp³-hybridized carbons (Fsp3) is 0.182. The van der Waals surface area contributed by atoms with Gasteiger partial charge in [-0.25, -0.2) is 21.9 Å². The average molecular weight is 367 g/mol. The van der Waals surface area contributed by atoms with Crippen LogP contribution in [0.2, 0.25) is 0 Å². The quantitative estimate of drug-likeness (QED) is 0.902. The van der Waals surface area contributed by atoms with Crippen LogP contribution in [0.25, 0.3) is 0 Å². The summed E-state index contributed by atoms with van der Waals surface area (Å²) in [5.74, 6) is -1.78. The molecule has 0 fully saturated rings. The minimum atomic E-state index is -4.15. The smallest absolute Gasteiger partial charge is 0.245 e. The third-order valence-electron chi connectivity index (χ3n) is 2.34. The summed E-state index contributed by atoms with van der Waals surface area (Å²) < 4.78 is 57.3. The summed E-state index contributed by atoms with van der Waals surface area (Å²) in [6.07, 6.45) is 0. The Kier molecular flexibility index (Phi) is 4.21. The Hall–Kier alpha value is -1.32. The first-order chi connectivity index (χ1) is 9.29. The van der Waals surface area contributed by atoms with Crippen molar-refractivity contribution in [2.75, 3.05) is 0 Å². The van der Waals surface area contributed by atoms with Crippen LogP contribution in [0.5, 0.6) is 0 Å². The molecule has 0 saturated carbocycles. The zero-order valence-electron chi connectivity index (χ0n) is 10.2. The minimum absolute atomic E-state index is 0.188. The number of rotatable bonds is 4. The number of sulfonamides is 1. The van der Waals surface area contributed by atoms with Crippen LogP contribution in [-0.4, -0.2) is 13.6 Å². The highest BCUT2D eigenvalue weighted by Crippen LogP contribution is 2.26. The van der Waals surface area contributed by atoms with Crippen LogP contribution in [0.1, 0.15) is 11.5 Å². The van der Waals surface area contributed by atoms with Crippen LogP contribution in [0, 0.1) is 18.6 Å². The normalized spacial score (nSPS) is 11.8. The molecule has 0 aliphatic rings. The number of hydrogen-bond donors (Lipinski definition) is 1. The fourth-order valence-corrected chi connectivity index (χ4v) is 3.68. The number of halogens is 3. The van der Waals surface area contributed by atoms with Crippen LogP contribution in [0.3, 0.4) is 0 Å². The SMILES string of the molecule is Cc1cc(CNS(=O)(=O)c2c(F)cc(F)cc2Br)on1. The molecule has 0 radical (unpaired) electrons. The molecule has 0 spiro atoms. The highest BCUT2D eigenvalue weighted by Gasteiger charge is 2.23. The Morgan fingerprint density at radius 1 is 1.35 bits per heavy atom. The highest BCUT2D eigenvalue weighted by molar-refractivity contribution is 9.10. The molecule has 0 atom stereocenters. The second-order valence-corrected chi connectivity index (χ2v) is 6.52. The summed E-state index contributed by atoms with van der Waals surface area (Å²) in [6.45, 7) is 1.49. The van der Waals surface area contributed by atoms with Gasteiger partial charge < -0.3 is 4.52 Å².